The Labute approximate surface area is 194 Å². The van der Waals surface area contributed by atoms with Crippen LogP contribution in [-0.4, -0.2) is 41.7 Å². The first kappa shape index (κ1) is 22.5. The van der Waals surface area contributed by atoms with Crippen molar-refractivity contribution in [2.45, 2.75) is 24.5 Å². The lowest BCUT2D eigenvalue weighted by molar-refractivity contribution is 0.252. The Morgan fingerprint density at radius 3 is 2.18 bits per heavy atom. The Kier molecular flexibility index (Phi) is 6.98. The minimum atomic E-state index is 0.183. The second kappa shape index (κ2) is 10.3. The zero-order valence-corrected chi connectivity index (χ0v) is 19.3. The summed E-state index contributed by atoms with van der Waals surface area (Å²) in [5.74, 6) is 3.66. The molecule has 0 bridgehead atoms. The van der Waals surface area contributed by atoms with Gasteiger partial charge in [-0.25, -0.2) is 0 Å². The molecule has 172 valence electrons. The molecule has 0 fully saturated rings. The van der Waals surface area contributed by atoms with Gasteiger partial charge in [0.1, 0.15) is 5.75 Å². The molecule has 0 amide bonds. The van der Waals surface area contributed by atoms with Gasteiger partial charge in [0.2, 0.25) is 17.5 Å². The van der Waals surface area contributed by atoms with Gasteiger partial charge >= 0.3 is 0 Å². The zero-order chi connectivity index (χ0) is 23.2. The number of hydrogen-bond acceptors (Lipinski definition) is 11. The molecule has 0 radical (unpaired) electrons. The predicted octanol–water partition coefficient (Wildman–Crippen LogP) is 4.33. The standard InChI is InChI=1S/C22H22N4O6S/c1-13-5-7-15(8-6-13)30-11-18-23-26-22(32-18)33-12-19-24-25-21(31-19)14-9-16(27-2)20(29-4)17(10-14)28-3/h5-10H,11-12H2,1-4H3. The van der Waals surface area contributed by atoms with Gasteiger partial charge in [0.15, 0.2) is 18.1 Å². The monoisotopic (exact) mass is 470 g/mol. The largest absolute Gasteiger partial charge is 0.493 e. The van der Waals surface area contributed by atoms with Gasteiger partial charge in [-0.15, -0.1) is 20.4 Å². The molecular formula is C22H22N4O6S. The third kappa shape index (κ3) is 5.37. The molecule has 10 nitrogen and oxygen atoms in total. The average molecular weight is 471 g/mol. The van der Waals surface area contributed by atoms with Gasteiger partial charge in [-0.2, -0.15) is 0 Å². The molecular weight excluding hydrogens is 448 g/mol. The van der Waals surface area contributed by atoms with Gasteiger partial charge in [0.05, 0.1) is 27.1 Å². The average Bonchev–Trinajstić information content (AvgIpc) is 3.51. The van der Waals surface area contributed by atoms with Crippen molar-refractivity contribution in [3.05, 3.63) is 53.7 Å². The van der Waals surface area contributed by atoms with Crippen LogP contribution in [0.3, 0.4) is 0 Å². The van der Waals surface area contributed by atoms with Crippen LogP contribution in [0, 0.1) is 6.92 Å². The summed E-state index contributed by atoms with van der Waals surface area (Å²) in [7, 11) is 4.63. The van der Waals surface area contributed by atoms with E-state index in [0.29, 0.717) is 51.5 Å². The molecule has 0 aliphatic rings. The van der Waals surface area contributed by atoms with E-state index < -0.39 is 0 Å². The molecule has 0 aliphatic heterocycles. The number of rotatable bonds is 10. The number of nitrogens with zero attached hydrogens (tertiary/aromatic N) is 4. The van der Waals surface area contributed by atoms with Crippen LogP contribution in [-0.2, 0) is 12.4 Å². The van der Waals surface area contributed by atoms with Gasteiger partial charge in [-0.3, -0.25) is 0 Å². The Hall–Kier alpha value is -3.73. The molecule has 0 saturated carbocycles. The molecule has 2 aromatic heterocycles. The number of aryl methyl sites for hydroxylation is 1. The van der Waals surface area contributed by atoms with Crippen LogP contribution >= 0.6 is 11.8 Å². The van der Waals surface area contributed by atoms with E-state index in [1.54, 1.807) is 33.5 Å². The fraction of sp³-hybridized carbons (Fsp3) is 0.273. The van der Waals surface area contributed by atoms with Crippen LogP contribution < -0.4 is 18.9 Å². The lowest BCUT2D eigenvalue weighted by Gasteiger charge is -2.12. The van der Waals surface area contributed by atoms with Gasteiger partial charge in [0.25, 0.3) is 11.1 Å². The number of thioether (sulfide) groups is 1. The molecule has 0 N–H and O–H groups in total. The van der Waals surface area contributed by atoms with Crippen molar-refractivity contribution in [3.8, 4) is 34.5 Å². The zero-order valence-electron chi connectivity index (χ0n) is 18.5. The van der Waals surface area contributed by atoms with E-state index in [1.807, 2.05) is 31.2 Å². The van der Waals surface area contributed by atoms with Crippen LogP contribution in [0.4, 0.5) is 0 Å². The van der Waals surface area contributed by atoms with Gasteiger partial charge in [-0.05, 0) is 31.2 Å². The summed E-state index contributed by atoms with van der Waals surface area (Å²) < 4.78 is 33.1. The highest BCUT2D eigenvalue weighted by atomic mass is 32.2. The topological polar surface area (TPSA) is 115 Å². The molecule has 0 spiro atoms. The molecule has 33 heavy (non-hydrogen) atoms. The highest BCUT2D eigenvalue weighted by Gasteiger charge is 2.18. The first-order valence-electron chi connectivity index (χ1n) is 9.87. The van der Waals surface area contributed by atoms with Crippen molar-refractivity contribution in [1.82, 2.24) is 20.4 Å². The molecule has 4 aromatic rings. The third-order valence-electron chi connectivity index (χ3n) is 4.53. The summed E-state index contributed by atoms with van der Waals surface area (Å²) in [6.07, 6.45) is 0. The maximum atomic E-state index is 5.78. The van der Waals surface area contributed by atoms with Crippen molar-refractivity contribution in [2.75, 3.05) is 21.3 Å². The fourth-order valence-electron chi connectivity index (χ4n) is 2.89. The van der Waals surface area contributed by atoms with Crippen LogP contribution in [0.25, 0.3) is 11.5 Å². The summed E-state index contributed by atoms with van der Waals surface area (Å²) in [6.45, 7) is 2.20. The van der Waals surface area contributed by atoms with Gasteiger partial charge < -0.3 is 27.8 Å². The van der Waals surface area contributed by atoms with Crippen LogP contribution in [0.2, 0.25) is 0 Å². The predicted molar refractivity (Wildman–Crippen MR) is 119 cm³/mol. The number of aromatic nitrogens is 4. The lowest BCUT2D eigenvalue weighted by Crippen LogP contribution is -1.95. The number of methoxy groups -OCH3 is 3. The molecule has 4 rings (SSSR count). The highest BCUT2D eigenvalue weighted by Crippen LogP contribution is 2.41. The van der Waals surface area contributed by atoms with Crippen molar-refractivity contribution in [1.29, 1.82) is 0 Å². The summed E-state index contributed by atoms with van der Waals surface area (Å²) in [5.41, 5.74) is 1.80. The quantitative estimate of drug-likeness (QED) is 0.308. The smallest absolute Gasteiger partial charge is 0.277 e. The van der Waals surface area contributed by atoms with Crippen molar-refractivity contribution in [2.24, 2.45) is 0 Å². The molecule has 11 heteroatoms. The van der Waals surface area contributed by atoms with E-state index in [4.69, 9.17) is 27.8 Å². The van der Waals surface area contributed by atoms with E-state index in [-0.39, 0.29) is 6.61 Å². The normalized spacial score (nSPS) is 10.8. The second-order valence-corrected chi connectivity index (χ2v) is 7.69. The molecule has 0 atom stereocenters. The molecule has 0 unspecified atom stereocenters. The summed E-state index contributed by atoms with van der Waals surface area (Å²) in [4.78, 5) is 0. The molecule has 0 saturated heterocycles. The van der Waals surface area contributed by atoms with E-state index in [0.717, 1.165) is 11.3 Å². The molecule has 2 aromatic carbocycles. The fourth-order valence-corrected chi connectivity index (χ4v) is 3.51. The maximum Gasteiger partial charge on any atom is 0.277 e. The lowest BCUT2D eigenvalue weighted by atomic mass is 10.2. The first-order chi connectivity index (χ1) is 16.1. The Balaban J connectivity index is 1.37. The Morgan fingerprint density at radius 1 is 0.818 bits per heavy atom. The SMILES string of the molecule is COc1cc(-c2nnc(CSc3nnc(COc4ccc(C)cc4)o3)o2)cc(OC)c1OC. The third-order valence-corrected chi connectivity index (χ3v) is 5.33. The van der Waals surface area contributed by atoms with Crippen LogP contribution in [0.15, 0.2) is 50.5 Å². The van der Waals surface area contributed by atoms with Gasteiger partial charge in [-0.1, -0.05) is 29.5 Å². The highest BCUT2D eigenvalue weighted by molar-refractivity contribution is 7.98. The molecule has 2 heterocycles. The summed E-state index contributed by atoms with van der Waals surface area (Å²) >= 11 is 1.29. The minimum absolute atomic E-state index is 0.183. The first-order valence-corrected chi connectivity index (χ1v) is 10.9. The van der Waals surface area contributed by atoms with E-state index >= 15 is 0 Å². The number of benzene rings is 2. The van der Waals surface area contributed by atoms with Crippen molar-refractivity contribution in [3.63, 3.8) is 0 Å². The maximum absolute atomic E-state index is 5.78. The number of hydrogen-bond donors (Lipinski definition) is 0. The van der Waals surface area contributed by atoms with E-state index in [1.165, 1.54) is 11.8 Å². The summed E-state index contributed by atoms with van der Waals surface area (Å²) in [5, 5.41) is 16.6. The van der Waals surface area contributed by atoms with Crippen LogP contribution in [0.5, 0.6) is 23.0 Å². The van der Waals surface area contributed by atoms with Crippen molar-refractivity contribution >= 4 is 11.8 Å². The summed E-state index contributed by atoms with van der Waals surface area (Å²) in [6, 6.07) is 11.2. The van der Waals surface area contributed by atoms with E-state index in [9.17, 15) is 0 Å². The Morgan fingerprint density at radius 2 is 1.52 bits per heavy atom. The molecule has 0 aliphatic carbocycles. The van der Waals surface area contributed by atoms with Crippen LogP contribution in [0.1, 0.15) is 17.3 Å². The Bertz CT molecular complexity index is 1180. The number of ether oxygens (including phenoxy) is 4. The van der Waals surface area contributed by atoms with Gasteiger partial charge in [0, 0.05) is 5.56 Å². The minimum Gasteiger partial charge on any atom is -0.493 e. The van der Waals surface area contributed by atoms with Crippen molar-refractivity contribution < 1.29 is 27.8 Å². The second-order valence-electron chi connectivity index (χ2n) is 6.77. The van der Waals surface area contributed by atoms with E-state index in [2.05, 4.69) is 20.4 Å².